The minimum Gasteiger partial charge on any atom is -0.396 e. The highest BCUT2D eigenvalue weighted by Crippen LogP contribution is 2.31. The highest BCUT2D eigenvalue weighted by molar-refractivity contribution is 6.06. The predicted molar refractivity (Wildman–Crippen MR) is 89.8 cm³/mol. The number of para-hydroxylation sites is 1. The molecule has 0 amide bonds. The Morgan fingerprint density at radius 1 is 1.18 bits per heavy atom. The number of anilines is 1. The predicted octanol–water partition coefficient (Wildman–Crippen LogP) is 2.92. The molecule has 5 nitrogen and oxygen atoms in total. The molecule has 0 aliphatic rings. The van der Waals surface area contributed by atoms with Gasteiger partial charge in [0.15, 0.2) is 5.82 Å². The molecule has 22 heavy (non-hydrogen) atoms. The van der Waals surface area contributed by atoms with Crippen LogP contribution in [0.2, 0.25) is 0 Å². The molecular formula is C17H22N4O. The summed E-state index contributed by atoms with van der Waals surface area (Å²) in [6, 6.07) is 7.98. The molecule has 0 radical (unpaired) electrons. The van der Waals surface area contributed by atoms with E-state index in [2.05, 4.69) is 29.5 Å². The van der Waals surface area contributed by atoms with E-state index in [0.717, 1.165) is 34.3 Å². The fourth-order valence-electron chi connectivity index (χ4n) is 2.88. The van der Waals surface area contributed by atoms with Crippen molar-refractivity contribution in [1.29, 1.82) is 0 Å². The van der Waals surface area contributed by atoms with Gasteiger partial charge in [0, 0.05) is 17.8 Å². The molecule has 0 aliphatic carbocycles. The molecular weight excluding hydrogens is 276 g/mol. The van der Waals surface area contributed by atoms with Crippen molar-refractivity contribution in [3.8, 4) is 0 Å². The van der Waals surface area contributed by atoms with Gasteiger partial charge in [0.1, 0.15) is 11.3 Å². The second-order valence-corrected chi connectivity index (χ2v) is 6.27. The molecule has 2 aromatic heterocycles. The normalized spacial score (nSPS) is 13.3. The number of nitrogen functional groups attached to an aromatic ring is 1. The van der Waals surface area contributed by atoms with E-state index in [1.807, 2.05) is 25.1 Å². The van der Waals surface area contributed by atoms with E-state index < -0.39 is 0 Å². The third-order valence-corrected chi connectivity index (χ3v) is 3.90. The molecule has 5 heteroatoms. The molecule has 1 aromatic carbocycles. The lowest BCUT2D eigenvalue weighted by atomic mass is 10.1. The fourth-order valence-corrected chi connectivity index (χ4v) is 2.88. The molecule has 3 aromatic rings. The molecule has 2 heterocycles. The Bertz CT molecular complexity index is 822. The van der Waals surface area contributed by atoms with Gasteiger partial charge in [-0.25, -0.2) is 9.97 Å². The number of aliphatic hydroxyl groups excluding tert-OH is 1. The monoisotopic (exact) mass is 298 g/mol. The number of rotatable bonds is 4. The molecule has 3 N–H and O–H groups in total. The summed E-state index contributed by atoms with van der Waals surface area (Å²) >= 11 is 0. The first-order chi connectivity index (χ1) is 10.5. The van der Waals surface area contributed by atoms with Crippen molar-refractivity contribution in [2.75, 3.05) is 12.3 Å². The van der Waals surface area contributed by atoms with Crippen LogP contribution in [-0.2, 0) is 6.54 Å². The summed E-state index contributed by atoms with van der Waals surface area (Å²) in [6.45, 7) is 7.22. The molecule has 0 spiro atoms. The summed E-state index contributed by atoms with van der Waals surface area (Å²) in [5.41, 5.74) is 8.75. The van der Waals surface area contributed by atoms with Crippen molar-refractivity contribution in [2.45, 2.75) is 33.2 Å². The SMILES string of the molecule is CC(C)Cn1c(C(C)CO)nc2c(N)nc3ccccc3c21. The van der Waals surface area contributed by atoms with E-state index in [0.29, 0.717) is 11.7 Å². The van der Waals surface area contributed by atoms with Gasteiger partial charge in [-0.3, -0.25) is 0 Å². The van der Waals surface area contributed by atoms with E-state index >= 15 is 0 Å². The van der Waals surface area contributed by atoms with Gasteiger partial charge in [-0.2, -0.15) is 0 Å². The number of aromatic nitrogens is 3. The van der Waals surface area contributed by atoms with Crippen LogP contribution in [0, 0.1) is 5.92 Å². The number of pyridine rings is 1. The third kappa shape index (κ3) is 2.31. The highest BCUT2D eigenvalue weighted by Gasteiger charge is 2.20. The number of nitrogens with two attached hydrogens (primary N) is 1. The van der Waals surface area contributed by atoms with E-state index in [1.54, 1.807) is 0 Å². The molecule has 0 bridgehead atoms. The van der Waals surface area contributed by atoms with Crippen LogP contribution < -0.4 is 5.73 Å². The summed E-state index contributed by atoms with van der Waals surface area (Å²) in [4.78, 5) is 9.16. The van der Waals surface area contributed by atoms with Crippen LogP contribution in [0.3, 0.4) is 0 Å². The van der Waals surface area contributed by atoms with Gasteiger partial charge in [0.2, 0.25) is 0 Å². The second-order valence-electron chi connectivity index (χ2n) is 6.27. The molecule has 3 rings (SSSR count). The highest BCUT2D eigenvalue weighted by atomic mass is 16.3. The van der Waals surface area contributed by atoms with Crippen LogP contribution in [-0.4, -0.2) is 26.2 Å². The first-order valence-electron chi connectivity index (χ1n) is 7.68. The first-order valence-corrected chi connectivity index (χ1v) is 7.68. The van der Waals surface area contributed by atoms with Gasteiger partial charge >= 0.3 is 0 Å². The van der Waals surface area contributed by atoms with Crippen LogP contribution in [0.15, 0.2) is 24.3 Å². The molecule has 0 aliphatic heterocycles. The lowest BCUT2D eigenvalue weighted by Gasteiger charge is -2.15. The van der Waals surface area contributed by atoms with Gasteiger partial charge in [-0.05, 0) is 12.0 Å². The minimum atomic E-state index is -0.0377. The van der Waals surface area contributed by atoms with E-state index in [4.69, 9.17) is 10.7 Å². The number of hydrogen-bond donors (Lipinski definition) is 2. The van der Waals surface area contributed by atoms with Gasteiger partial charge in [0.25, 0.3) is 0 Å². The zero-order valence-electron chi connectivity index (χ0n) is 13.2. The summed E-state index contributed by atoms with van der Waals surface area (Å²) in [7, 11) is 0. The summed E-state index contributed by atoms with van der Waals surface area (Å²) < 4.78 is 2.20. The fraction of sp³-hybridized carbons (Fsp3) is 0.412. The minimum absolute atomic E-state index is 0.0377. The van der Waals surface area contributed by atoms with Crippen LogP contribution in [0.25, 0.3) is 21.9 Å². The van der Waals surface area contributed by atoms with Crippen molar-refractivity contribution >= 4 is 27.8 Å². The lowest BCUT2D eigenvalue weighted by Crippen LogP contribution is -2.13. The van der Waals surface area contributed by atoms with Gasteiger partial charge in [-0.15, -0.1) is 0 Å². The van der Waals surface area contributed by atoms with E-state index in [-0.39, 0.29) is 12.5 Å². The Kier molecular flexibility index (Phi) is 3.74. The van der Waals surface area contributed by atoms with Crippen molar-refractivity contribution in [3.63, 3.8) is 0 Å². The number of fused-ring (bicyclic) bond motifs is 3. The summed E-state index contributed by atoms with van der Waals surface area (Å²) in [5.74, 6) is 1.75. The molecule has 0 saturated heterocycles. The van der Waals surface area contributed by atoms with Crippen LogP contribution in [0.5, 0.6) is 0 Å². The second kappa shape index (κ2) is 5.57. The van der Waals surface area contributed by atoms with E-state index in [9.17, 15) is 5.11 Å². The van der Waals surface area contributed by atoms with Crippen LogP contribution in [0.1, 0.15) is 32.5 Å². The van der Waals surface area contributed by atoms with Crippen molar-refractivity contribution in [3.05, 3.63) is 30.1 Å². The number of hydrogen-bond acceptors (Lipinski definition) is 4. The van der Waals surface area contributed by atoms with Gasteiger partial charge in [0.05, 0.1) is 17.6 Å². The largest absolute Gasteiger partial charge is 0.396 e. The topological polar surface area (TPSA) is 77.0 Å². The van der Waals surface area contributed by atoms with E-state index in [1.165, 1.54) is 0 Å². The average molecular weight is 298 g/mol. The Morgan fingerprint density at radius 3 is 2.59 bits per heavy atom. The van der Waals surface area contributed by atoms with Crippen molar-refractivity contribution < 1.29 is 5.11 Å². The molecule has 0 saturated carbocycles. The first kappa shape index (κ1) is 14.8. The Balaban J connectivity index is 2.42. The average Bonchev–Trinajstić information content (AvgIpc) is 2.86. The Morgan fingerprint density at radius 2 is 1.91 bits per heavy atom. The van der Waals surface area contributed by atoms with Crippen LogP contribution in [0.4, 0.5) is 5.82 Å². The number of aliphatic hydroxyl groups is 1. The molecule has 116 valence electrons. The zero-order chi connectivity index (χ0) is 15.9. The van der Waals surface area contributed by atoms with Crippen molar-refractivity contribution in [1.82, 2.24) is 14.5 Å². The smallest absolute Gasteiger partial charge is 0.152 e. The Hall–Kier alpha value is -2.14. The van der Waals surface area contributed by atoms with Gasteiger partial charge in [-0.1, -0.05) is 39.0 Å². The maximum atomic E-state index is 9.55. The lowest BCUT2D eigenvalue weighted by molar-refractivity contribution is 0.265. The molecule has 0 fully saturated rings. The Labute approximate surface area is 129 Å². The zero-order valence-corrected chi connectivity index (χ0v) is 13.2. The summed E-state index contributed by atoms with van der Waals surface area (Å²) in [6.07, 6.45) is 0. The summed E-state index contributed by atoms with van der Waals surface area (Å²) in [5, 5.41) is 10.6. The van der Waals surface area contributed by atoms with Gasteiger partial charge < -0.3 is 15.4 Å². The number of nitrogens with zero attached hydrogens (tertiary/aromatic N) is 3. The third-order valence-electron chi connectivity index (χ3n) is 3.90. The number of benzene rings is 1. The van der Waals surface area contributed by atoms with Crippen LogP contribution >= 0.6 is 0 Å². The number of imidazole rings is 1. The molecule has 1 unspecified atom stereocenters. The molecule has 1 atom stereocenters. The maximum Gasteiger partial charge on any atom is 0.152 e. The standard InChI is InChI=1S/C17H22N4O/c1-10(2)8-21-15-12-6-4-5-7-13(12)19-16(18)14(15)20-17(21)11(3)9-22/h4-7,10-11,22H,8-9H2,1-3H3,(H2,18,19). The maximum absolute atomic E-state index is 9.55. The quantitative estimate of drug-likeness (QED) is 0.776. The van der Waals surface area contributed by atoms with Crippen molar-refractivity contribution in [2.24, 2.45) is 5.92 Å².